The van der Waals surface area contributed by atoms with Crippen molar-refractivity contribution in [2.24, 2.45) is 0 Å². The second-order valence-corrected chi connectivity index (χ2v) is 11.7. The van der Waals surface area contributed by atoms with Gasteiger partial charge in [-0.3, -0.25) is 9.40 Å². The van der Waals surface area contributed by atoms with Crippen molar-refractivity contribution < 1.29 is 8.42 Å². The standard InChI is InChI=1S/C30H24N4O2S2/c1-21-12-17-26-27(18-21)37-30(31-26)24-13-15-25(16-14-24)33-38(35,36)28-20-34(19-22-8-4-2-5-9-22)32-29(28)23-10-6-3-7-11-23/h2-18,20,33H,19H2,1H3. The number of aryl methyl sites for hydroxylation is 1. The van der Waals surface area contributed by atoms with Gasteiger partial charge in [0.1, 0.15) is 15.6 Å². The van der Waals surface area contributed by atoms with Crippen LogP contribution in [0.25, 0.3) is 32.0 Å². The molecule has 0 atom stereocenters. The number of fused-ring (bicyclic) bond motifs is 1. The maximum absolute atomic E-state index is 13.6. The van der Waals surface area contributed by atoms with Crippen molar-refractivity contribution in [1.82, 2.24) is 14.8 Å². The molecule has 0 spiro atoms. The van der Waals surface area contributed by atoms with Crippen LogP contribution < -0.4 is 4.72 Å². The van der Waals surface area contributed by atoms with Crippen molar-refractivity contribution in [2.45, 2.75) is 18.4 Å². The number of aromatic nitrogens is 3. The number of benzene rings is 4. The average Bonchev–Trinajstić information content (AvgIpc) is 3.55. The topological polar surface area (TPSA) is 76.9 Å². The minimum Gasteiger partial charge on any atom is -0.280 e. The summed E-state index contributed by atoms with van der Waals surface area (Å²) < 4.78 is 32.7. The van der Waals surface area contributed by atoms with Gasteiger partial charge in [-0.15, -0.1) is 11.3 Å². The molecule has 0 saturated carbocycles. The molecular formula is C30H24N4O2S2. The molecule has 0 amide bonds. The Labute approximate surface area is 225 Å². The van der Waals surface area contributed by atoms with E-state index in [4.69, 9.17) is 4.98 Å². The van der Waals surface area contributed by atoms with E-state index in [9.17, 15) is 8.42 Å². The Balaban J connectivity index is 1.30. The summed E-state index contributed by atoms with van der Waals surface area (Å²) in [6, 6.07) is 32.7. The Hall–Kier alpha value is -4.27. The van der Waals surface area contributed by atoms with Crippen LogP contribution in [0.4, 0.5) is 5.69 Å². The highest BCUT2D eigenvalue weighted by Gasteiger charge is 2.24. The van der Waals surface area contributed by atoms with Gasteiger partial charge in [-0.1, -0.05) is 66.7 Å². The molecule has 6 rings (SSSR count). The third kappa shape index (κ3) is 4.96. The summed E-state index contributed by atoms with van der Waals surface area (Å²) in [5.41, 5.74) is 5.75. The number of sulfonamides is 1. The van der Waals surface area contributed by atoms with Gasteiger partial charge in [0.25, 0.3) is 10.0 Å². The number of nitrogens with one attached hydrogen (secondary N) is 1. The summed E-state index contributed by atoms with van der Waals surface area (Å²) in [5, 5.41) is 5.55. The lowest BCUT2D eigenvalue weighted by Gasteiger charge is -2.08. The van der Waals surface area contributed by atoms with Gasteiger partial charge in [-0.05, 0) is 54.4 Å². The van der Waals surface area contributed by atoms with Crippen molar-refractivity contribution >= 4 is 37.3 Å². The fraction of sp³-hybridized carbons (Fsp3) is 0.0667. The quantitative estimate of drug-likeness (QED) is 0.239. The minimum atomic E-state index is -3.91. The number of thiazole rings is 1. The molecule has 38 heavy (non-hydrogen) atoms. The lowest BCUT2D eigenvalue weighted by atomic mass is 10.2. The van der Waals surface area contributed by atoms with Crippen molar-refractivity contribution in [3.63, 3.8) is 0 Å². The Bertz CT molecular complexity index is 1830. The Kier molecular flexibility index (Phi) is 6.27. The van der Waals surface area contributed by atoms with Gasteiger partial charge in [0, 0.05) is 23.0 Å². The molecule has 2 aromatic heterocycles. The zero-order valence-electron chi connectivity index (χ0n) is 20.6. The first-order valence-corrected chi connectivity index (χ1v) is 14.4. The number of anilines is 1. The van der Waals surface area contributed by atoms with Crippen molar-refractivity contribution in [3.8, 4) is 21.8 Å². The molecule has 8 heteroatoms. The van der Waals surface area contributed by atoms with Gasteiger partial charge < -0.3 is 0 Å². The highest BCUT2D eigenvalue weighted by Crippen LogP contribution is 2.32. The van der Waals surface area contributed by atoms with Gasteiger partial charge in [0.15, 0.2) is 0 Å². The van der Waals surface area contributed by atoms with Crippen molar-refractivity contribution in [1.29, 1.82) is 0 Å². The molecule has 0 unspecified atom stereocenters. The molecule has 0 radical (unpaired) electrons. The molecule has 0 aliphatic rings. The number of hydrogen-bond donors (Lipinski definition) is 1. The van der Waals surface area contributed by atoms with E-state index in [1.165, 1.54) is 5.56 Å². The molecule has 0 saturated heterocycles. The van der Waals surface area contributed by atoms with Crippen LogP contribution in [0.15, 0.2) is 114 Å². The van der Waals surface area contributed by atoms with Crippen molar-refractivity contribution in [3.05, 3.63) is 120 Å². The molecular weight excluding hydrogens is 512 g/mol. The SMILES string of the molecule is Cc1ccc2nc(-c3ccc(NS(=O)(=O)c4cn(Cc5ccccc5)nc4-c4ccccc4)cc3)sc2c1. The van der Waals surface area contributed by atoms with E-state index in [1.54, 1.807) is 34.3 Å². The lowest BCUT2D eigenvalue weighted by molar-refractivity contribution is 0.601. The minimum absolute atomic E-state index is 0.130. The zero-order valence-corrected chi connectivity index (χ0v) is 22.2. The predicted molar refractivity (Wildman–Crippen MR) is 154 cm³/mol. The van der Waals surface area contributed by atoms with E-state index in [0.29, 0.717) is 17.9 Å². The van der Waals surface area contributed by atoms with E-state index < -0.39 is 10.0 Å². The molecule has 6 nitrogen and oxygen atoms in total. The summed E-state index contributed by atoms with van der Waals surface area (Å²) in [7, 11) is -3.91. The van der Waals surface area contributed by atoms with Crippen LogP contribution >= 0.6 is 11.3 Å². The van der Waals surface area contributed by atoms with Crippen LogP contribution in [-0.2, 0) is 16.6 Å². The first kappa shape index (κ1) is 24.1. The first-order chi connectivity index (χ1) is 18.4. The third-order valence-electron chi connectivity index (χ3n) is 6.18. The Morgan fingerprint density at radius 1 is 0.842 bits per heavy atom. The number of rotatable bonds is 7. The predicted octanol–water partition coefficient (Wildman–Crippen LogP) is 6.98. The van der Waals surface area contributed by atoms with Crippen LogP contribution in [0.2, 0.25) is 0 Å². The largest absolute Gasteiger partial charge is 0.280 e. The molecule has 0 bridgehead atoms. The van der Waals surface area contributed by atoms with Gasteiger partial charge in [-0.25, -0.2) is 13.4 Å². The maximum atomic E-state index is 13.6. The fourth-order valence-corrected chi connectivity index (χ4v) is 6.59. The lowest BCUT2D eigenvalue weighted by Crippen LogP contribution is -2.13. The highest BCUT2D eigenvalue weighted by molar-refractivity contribution is 7.92. The smallest absolute Gasteiger partial charge is 0.265 e. The molecule has 2 heterocycles. The van der Waals surface area contributed by atoms with Gasteiger partial charge in [0.2, 0.25) is 0 Å². The molecule has 4 aromatic carbocycles. The summed E-state index contributed by atoms with van der Waals surface area (Å²) in [4.78, 5) is 4.86. The van der Waals surface area contributed by atoms with Crippen molar-refractivity contribution in [2.75, 3.05) is 4.72 Å². The van der Waals surface area contributed by atoms with Gasteiger partial charge in [-0.2, -0.15) is 5.10 Å². The summed E-state index contributed by atoms with van der Waals surface area (Å²) in [6.07, 6.45) is 1.59. The second-order valence-electron chi connectivity index (χ2n) is 9.06. The van der Waals surface area contributed by atoms with E-state index in [0.717, 1.165) is 31.9 Å². The summed E-state index contributed by atoms with van der Waals surface area (Å²) in [6.45, 7) is 2.53. The maximum Gasteiger partial charge on any atom is 0.265 e. The molecule has 0 aliphatic heterocycles. The summed E-state index contributed by atoms with van der Waals surface area (Å²) >= 11 is 1.62. The van der Waals surface area contributed by atoms with Gasteiger partial charge >= 0.3 is 0 Å². The van der Waals surface area contributed by atoms with Crippen LogP contribution in [0.5, 0.6) is 0 Å². The average molecular weight is 537 g/mol. The zero-order chi connectivity index (χ0) is 26.1. The van der Waals surface area contributed by atoms with Crippen LogP contribution in [0.3, 0.4) is 0 Å². The van der Waals surface area contributed by atoms with E-state index in [-0.39, 0.29) is 4.90 Å². The second kappa shape index (κ2) is 9.89. The molecule has 0 aliphatic carbocycles. The molecule has 0 fully saturated rings. The Morgan fingerprint density at radius 2 is 1.55 bits per heavy atom. The highest BCUT2D eigenvalue weighted by atomic mass is 32.2. The monoisotopic (exact) mass is 536 g/mol. The normalized spacial score (nSPS) is 11.6. The molecule has 188 valence electrons. The first-order valence-electron chi connectivity index (χ1n) is 12.1. The van der Waals surface area contributed by atoms with Gasteiger partial charge in [0.05, 0.1) is 16.8 Å². The van der Waals surface area contributed by atoms with Crippen LogP contribution in [0.1, 0.15) is 11.1 Å². The van der Waals surface area contributed by atoms with E-state index in [2.05, 4.69) is 28.9 Å². The molecule has 6 aromatic rings. The number of hydrogen-bond acceptors (Lipinski definition) is 5. The fourth-order valence-electron chi connectivity index (χ4n) is 4.29. The molecule has 1 N–H and O–H groups in total. The Morgan fingerprint density at radius 3 is 2.29 bits per heavy atom. The number of nitrogens with zero attached hydrogens (tertiary/aromatic N) is 3. The van der Waals surface area contributed by atoms with E-state index in [1.807, 2.05) is 78.9 Å². The van der Waals surface area contributed by atoms with Crippen LogP contribution in [-0.4, -0.2) is 23.2 Å². The van der Waals surface area contributed by atoms with Crippen LogP contribution in [0, 0.1) is 6.92 Å². The van der Waals surface area contributed by atoms with E-state index >= 15 is 0 Å². The third-order valence-corrected chi connectivity index (χ3v) is 8.63. The summed E-state index contributed by atoms with van der Waals surface area (Å²) in [5.74, 6) is 0.